The molecular weight excluding hydrogens is 524 g/mol. The standard InChI is InChI=1S/C39H26N4/c1-4-14-27(15-5-1)30-24-25-36(43-34-22-12-10-20-31(34)32-21-11-13-23-35(32)43)33(26-30)39-41-37(28-16-6-2-7-17-28)40-38(42-39)29-18-8-3-9-19-29/h1-26H. The third-order valence-corrected chi connectivity index (χ3v) is 7.86. The monoisotopic (exact) mass is 550 g/mol. The van der Waals surface area contributed by atoms with Gasteiger partial charge in [0.25, 0.3) is 0 Å². The van der Waals surface area contributed by atoms with Crippen LogP contribution in [0.25, 0.3) is 72.8 Å². The van der Waals surface area contributed by atoms with Gasteiger partial charge in [0, 0.05) is 27.5 Å². The largest absolute Gasteiger partial charge is 0.309 e. The summed E-state index contributed by atoms with van der Waals surface area (Å²) in [5.41, 5.74) is 8.35. The predicted octanol–water partition coefficient (Wildman–Crippen LogP) is 9.64. The molecule has 0 saturated carbocycles. The second-order valence-electron chi connectivity index (χ2n) is 10.5. The molecule has 0 aliphatic rings. The Hall–Kier alpha value is -5.87. The number of rotatable bonds is 5. The Balaban J connectivity index is 1.46. The van der Waals surface area contributed by atoms with Gasteiger partial charge in [0.15, 0.2) is 17.5 Å². The Kier molecular flexibility index (Phi) is 6.08. The number of aromatic nitrogens is 4. The smallest absolute Gasteiger partial charge is 0.166 e. The van der Waals surface area contributed by atoms with Gasteiger partial charge >= 0.3 is 0 Å². The molecule has 4 heteroatoms. The molecule has 43 heavy (non-hydrogen) atoms. The first kappa shape index (κ1) is 24.9. The summed E-state index contributed by atoms with van der Waals surface area (Å²) >= 11 is 0. The molecule has 0 aliphatic heterocycles. The predicted molar refractivity (Wildman–Crippen MR) is 176 cm³/mol. The molecule has 0 fully saturated rings. The van der Waals surface area contributed by atoms with E-state index in [2.05, 4.69) is 95.6 Å². The summed E-state index contributed by atoms with van der Waals surface area (Å²) in [6.45, 7) is 0. The van der Waals surface area contributed by atoms with Crippen molar-refractivity contribution in [2.75, 3.05) is 0 Å². The number of benzene rings is 6. The van der Waals surface area contributed by atoms with E-state index in [9.17, 15) is 0 Å². The van der Waals surface area contributed by atoms with Crippen LogP contribution in [0, 0.1) is 0 Å². The summed E-state index contributed by atoms with van der Waals surface area (Å²) in [6, 6.07) is 54.4. The van der Waals surface area contributed by atoms with Gasteiger partial charge in [-0.2, -0.15) is 0 Å². The minimum atomic E-state index is 0.627. The molecule has 0 radical (unpaired) electrons. The second-order valence-corrected chi connectivity index (χ2v) is 10.5. The Morgan fingerprint density at radius 3 is 1.33 bits per heavy atom. The Morgan fingerprint density at radius 1 is 0.349 bits per heavy atom. The summed E-state index contributed by atoms with van der Waals surface area (Å²) in [4.78, 5) is 15.2. The fourth-order valence-corrected chi connectivity index (χ4v) is 5.83. The molecule has 8 rings (SSSR count). The molecule has 0 atom stereocenters. The lowest BCUT2D eigenvalue weighted by Crippen LogP contribution is -2.04. The van der Waals surface area contributed by atoms with Crippen molar-refractivity contribution in [2.45, 2.75) is 0 Å². The molecule has 2 heterocycles. The van der Waals surface area contributed by atoms with Gasteiger partial charge in [0.05, 0.1) is 16.7 Å². The van der Waals surface area contributed by atoms with E-state index < -0.39 is 0 Å². The van der Waals surface area contributed by atoms with Gasteiger partial charge in [0.2, 0.25) is 0 Å². The zero-order chi connectivity index (χ0) is 28.6. The molecule has 6 aromatic carbocycles. The van der Waals surface area contributed by atoms with Crippen molar-refractivity contribution in [2.24, 2.45) is 0 Å². The molecule has 0 saturated heterocycles. The van der Waals surface area contributed by atoms with Gasteiger partial charge in [-0.25, -0.2) is 15.0 Å². The summed E-state index contributed by atoms with van der Waals surface area (Å²) in [6.07, 6.45) is 0. The van der Waals surface area contributed by atoms with E-state index in [4.69, 9.17) is 15.0 Å². The maximum absolute atomic E-state index is 5.13. The zero-order valence-electron chi connectivity index (χ0n) is 23.3. The van der Waals surface area contributed by atoms with E-state index in [1.54, 1.807) is 0 Å². The quantitative estimate of drug-likeness (QED) is 0.214. The molecule has 2 aromatic heterocycles. The van der Waals surface area contributed by atoms with E-state index in [1.807, 2.05) is 66.7 Å². The number of nitrogens with zero attached hydrogens (tertiary/aromatic N) is 4. The molecule has 0 bridgehead atoms. The van der Waals surface area contributed by atoms with Gasteiger partial charge in [-0.1, -0.05) is 133 Å². The molecule has 8 aromatic rings. The lowest BCUT2D eigenvalue weighted by molar-refractivity contribution is 1.06. The van der Waals surface area contributed by atoms with Crippen molar-refractivity contribution >= 4 is 21.8 Å². The van der Waals surface area contributed by atoms with Crippen LogP contribution >= 0.6 is 0 Å². The summed E-state index contributed by atoms with van der Waals surface area (Å²) in [7, 11) is 0. The topological polar surface area (TPSA) is 43.6 Å². The first-order valence-electron chi connectivity index (χ1n) is 14.4. The Bertz CT molecular complexity index is 2110. The summed E-state index contributed by atoms with van der Waals surface area (Å²) < 4.78 is 2.34. The fourth-order valence-electron chi connectivity index (χ4n) is 5.83. The van der Waals surface area contributed by atoms with Gasteiger partial charge in [-0.3, -0.25) is 0 Å². The fraction of sp³-hybridized carbons (Fsp3) is 0. The van der Waals surface area contributed by atoms with Crippen molar-refractivity contribution in [3.63, 3.8) is 0 Å². The summed E-state index contributed by atoms with van der Waals surface area (Å²) in [5.74, 6) is 1.91. The highest BCUT2D eigenvalue weighted by molar-refractivity contribution is 6.09. The van der Waals surface area contributed by atoms with Crippen molar-refractivity contribution < 1.29 is 0 Å². The SMILES string of the molecule is c1ccc(-c2ccc(-n3c4ccccc4c4ccccc43)c(-c3nc(-c4ccccc4)nc(-c4ccccc4)n3)c2)cc1. The van der Waals surface area contributed by atoms with E-state index >= 15 is 0 Å². The average molecular weight is 551 g/mol. The van der Waals surface area contributed by atoms with Gasteiger partial charge in [-0.05, 0) is 35.4 Å². The third-order valence-electron chi connectivity index (χ3n) is 7.86. The van der Waals surface area contributed by atoms with Crippen molar-refractivity contribution in [1.82, 2.24) is 19.5 Å². The lowest BCUT2D eigenvalue weighted by atomic mass is 10.0. The Labute approximate surface area is 249 Å². The maximum atomic E-state index is 5.13. The van der Waals surface area contributed by atoms with Crippen LogP contribution < -0.4 is 0 Å². The van der Waals surface area contributed by atoms with Crippen molar-refractivity contribution in [3.8, 4) is 51.0 Å². The molecule has 0 amide bonds. The second kappa shape index (κ2) is 10.5. The van der Waals surface area contributed by atoms with Crippen LogP contribution in [-0.2, 0) is 0 Å². The maximum Gasteiger partial charge on any atom is 0.166 e. The van der Waals surface area contributed by atoms with Crippen LogP contribution in [0.5, 0.6) is 0 Å². The molecule has 4 nitrogen and oxygen atoms in total. The molecule has 202 valence electrons. The van der Waals surface area contributed by atoms with Crippen LogP contribution in [0.15, 0.2) is 158 Å². The number of fused-ring (bicyclic) bond motifs is 3. The summed E-state index contributed by atoms with van der Waals surface area (Å²) in [5, 5.41) is 2.42. The van der Waals surface area contributed by atoms with Gasteiger partial charge < -0.3 is 4.57 Å². The molecule has 0 aliphatic carbocycles. The van der Waals surface area contributed by atoms with Crippen LogP contribution in [-0.4, -0.2) is 19.5 Å². The van der Waals surface area contributed by atoms with E-state index in [-0.39, 0.29) is 0 Å². The molecule has 0 N–H and O–H groups in total. The van der Waals surface area contributed by atoms with E-state index in [1.165, 1.54) is 10.8 Å². The van der Waals surface area contributed by atoms with E-state index in [0.29, 0.717) is 17.5 Å². The molecule has 0 unspecified atom stereocenters. The van der Waals surface area contributed by atoms with Crippen LogP contribution in [0.4, 0.5) is 0 Å². The third kappa shape index (κ3) is 4.46. The number of para-hydroxylation sites is 2. The molecule has 0 spiro atoms. The number of hydrogen-bond donors (Lipinski definition) is 0. The minimum absolute atomic E-state index is 0.627. The molecular formula is C39H26N4. The van der Waals surface area contributed by atoms with Crippen molar-refractivity contribution in [3.05, 3.63) is 158 Å². The highest BCUT2D eigenvalue weighted by Gasteiger charge is 2.20. The lowest BCUT2D eigenvalue weighted by Gasteiger charge is -2.16. The highest BCUT2D eigenvalue weighted by atomic mass is 15.1. The zero-order valence-corrected chi connectivity index (χ0v) is 23.3. The van der Waals surface area contributed by atoms with E-state index in [0.717, 1.165) is 44.5 Å². The van der Waals surface area contributed by atoms with Gasteiger partial charge in [0.1, 0.15) is 0 Å². The average Bonchev–Trinajstić information content (AvgIpc) is 3.43. The van der Waals surface area contributed by atoms with Crippen LogP contribution in [0.2, 0.25) is 0 Å². The highest BCUT2D eigenvalue weighted by Crippen LogP contribution is 2.38. The van der Waals surface area contributed by atoms with Crippen LogP contribution in [0.3, 0.4) is 0 Å². The first-order chi connectivity index (χ1) is 21.3. The van der Waals surface area contributed by atoms with Crippen LogP contribution in [0.1, 0.15) is 0 Å². The first-order valence-corrected chi connectivity index (χ1v) is 14.4. The normalized spacial score (nSPS) is 11.3. The Morgan fingerprint density at radius 2 is 0.791 bits per heavy atom. The van der Waals surface area contributed by atoms with Crippen molar-refractivity contribution in [1.29, 1.82) is 0 Å². The van der Waals surface area contributed by atoms with Gasteiger partial charge in [-0.15, -0.1) is 0 Å². The minimum Gasteiger partial charge on any atom is -0.309 e. The number of hydrogen-bond acceptors (Lipinski definition) is 3.